The lowest BCUT2D eigenvalue weighted by Crippen LogP contribution is -2.29. The minimum absolute atomic E-state index is 0.0379. The van der Waals surface area contributed by atoms with Gasteiger partial charge >= 0.3 is 5.97 Å². The minimum Gasteiger partial charge on any atom is -0.481 e. The molecular formula is C15H19NO4S. The second-order valence-corrected chi connectivity index (χ2v) is 7.84. The topological polar surface area (TPSA) is 74.7 Å². The van der Waals surface area contributed by atoms with E-state index in [1.165, 1.54) is 9.87 Å². The highest BCUT2D eigenvalue weighted by Crippen LogP contribution is 2.29. The third-order valence-electron chi connectivity index (χ3n) is 4.42. The van der Waals surface area contributed by atoms with Crippen LogP contribution in [0.15, 0.2) is 23.1 Å². The average Bonchev–Trinajstić information content (AvgIpc) is 3.05. The first-order chi connectivity index (χ1) is 9.96. The summed E-state index contributed by atoms with van der Waals surface area (Å²) in [4.78, 5) is 11.1. The summed E-state index contributed by atoms with van der Waals surface area (Å²) in [5, 5.41) is 8.82. The molecule has 2 aliphatic rings. The number of nitrogens with zero attached hydrogens (tertiary/aromatic N) is 1. The fourth-order valence-corrected chi connectivity index (χ4v) is 4.87. The van der Waals surface area contributed by atoms with Crippen LogP contribution in [-0.2, 0) is 27.7 Å². The largest absolute Gasteiger partial charge is 0.481 e. The van der Waals surface area contributed by atoms with Gasteiger partial charge in [-0.05, 0) is 54.9 Å². The van der Waals surface area contributed by atoms with E-state index in [0.717, 1.165) is 24.8 Å². The number of benzene rings is 1. The van der Waals surface area contributed by atoms with Crippen molar-refractivity contribution < 1.29 is 18.3 Å². The Kier molecular flexibility index (Phi) is 3.75. The SMILES string of the molecule is O=C(O)CC1CCN(S(=O)(=O)c2ccc3c(c2)CCC3)C1. The number of hydrogen-bond acceptors (Lipinski definition) is 3. The Bertz CT molecular complexity index is 668. The van der Waals surface area contributed by atoms with Gasteiger partial charge in [0, 0.05) is 19.5 Å². The molecule has 0 aromatic heterocycles. The van der Waals surface area contributed by atoms with Crippen molar-refractivity contribution in [2.75, 3.05) is 13.1 Å². The molecule has 3 rings (SSSR count). The fraction of sp³-hybridized carbons (Fsp3) is 0.533. The van der Waals surface area contributed by atoms with Crippen molar-refractivity contribution in [3.8, 4) is 0 Å². The number of fused-ring (bicyclic) bond motifs is 1. The second-order valence-electron chi connectivity index (χ2n) is 5.90. The smallest absolute Gasteiger partial charge is 0.303 e. The number of carbonyl (C=O) groups is 1. The Balaban J connectivity index is 1.80. The van der Waals surface area contributed by atoms with Gasteiger partial charge in [-0.15, -0.1) is 0 Å². The number of rotatable bonds is 4. The molecule has 21 heavy (non-hydrogen) atoms. The zero-order valence-electron chi connectivity index (χ0n) is 11.8. The lowest BCUT2D eigenvalue weighted by Gasteiger charge is -2.17. The molecule has 0 spiro atoms. The molecule has 0 radical (unpaired) electrons. The quantitative estimate of drug-likeness (QED) is 0.918. The molecule has 0 bridgehead atoms. The first-order valence-electron chi connectivity index (χ1n) is 7.30. The van der Waals surface area contributed by atoms with Gasteiger partial charge in [0.25, 0.3) is 0 Å². The standard InChI is InChI=1S/C15H19NO4S/c17-15(18)8-11-6-7-16(10-11)21(19,20)14-5-4-12-2-1-3-13(12)9-14/h4-5,9,11H,1-3,6-8,10H2,(H,17,18). The first-order valence-corrected chi connectivity index (χ1v) is 8.74. The van der Waals surface area contributed by atoms with Gasteiger partial charge in [-0.2, -0.15) is 4.31 Å². The normalized spacial score (nSPS) is 22.4. The number of aliphatic carboxylic acids is 1. The van der Waals surface area contributed by atoms with E-state index in [1.807, 2.05) is 6.07 Å². The van der Waals surface area contributed by atoms with Gasteiger partial charge in [0.1, 0.15) is 0 Å². The van der Waals surface area contributed by atoms with Crippen LogP contribution in [-0.4, -0.2) is 36.9 Å². The maximum atomic E-state index is 12.6. The molecule has 1 heterocycles. The van der Waals surface area contributed by atoms with Gasteiger partial charge in [-0.25, -0.2) is 8.42 Å². The number of aryl methyl sites for hydroxylation is 2. The van der Waals surface area contributed by atoms with E-state index < -0.39 is 16.0 Å². The van der Waals surface area contributed by atoms with Crippen molar-refractivity contribution in [1.82, 2.24) is 4.31 Å². The molecule has 1 aliphatic carbocycles. The van der Waals surface area contributed by atoms with E-state index in [1.54, 1.807) is 12.1 Å². The maximum Gasteiger partial charge on any atom is 0.303 e. The molecule has 1 fully saturated rings. The van der Waals surface area contributed by atoms with E-state index in [9.17, 15) is 13.2 Å². The predicted octanol–water partition coefficient (Wildman–Crippen LogP) is 1.66. The summed E-state index contributed by atoms with van der Waals surface area (Å²) < 4.78 is 26.7. The Labute approximate surface area is 124 Å². The minimum atomic E-state index is -3.49. The number of hydrogen-bond donors (Lipinski definition) is 1. The molecule has 1 aliphatic heterocycles. The summed E-state index contributed by atoms with van der Waals surface area (Å²) in [6.07, 6.45) is 3.72. The molecule has 1 N–H and O–H groups in total. The summed E-state index contributed by atoms with van der Waals surface area (Å²) in [7, 11) is -3.49. The number of sulfonamides is 1. The average molecular weight is 309 g/mol. The molecule has 0 amide bonds. The van der Waals surface area contributed by atoms with Crippen LogP contribution in [0.1, 0.15) is 30.4 Å². The molecule has 1 saturated heterocycles. The summed E-state index contributed by atoms with van der Waals surface area (Å²) >= 11 is 0. The van der Waals surface area contributed by atoms with Crippen molar-refractivity contribution in [2.45, 2.75) is 37.0 Å². The molecule has 0 saturated carbocycles. The van der Waals surface area contributed by atoms with Crippen LogP contribution >= 0.6 is 0 Å². The van der Waals surface area contributed by atoms with Crippen molar-refractivity contribution >= 4 is 16.0 Å². The molecule has 6 heteroatoms. The van der Waals surface area contributed by atoms with Crippen LogP contribution in [0.4, 0.5) is 0 Å². The third-order valence-corrected chi connectivity index (χ3v) is 6.28. The molecule has 1 aromatic rings. The molecule has 114 valence electrons. The summed E-state index contributed by atoms with van der Waals surface area (Å²) in [6, 6.07) is 5.40. The molecule has 1 unspecified atom stereocenters. The zero-order valence-corrected chi connectivity index (χ0v) is 12.6. The highest BCUT2D eigenvalue weighted by Gasteiger charge is 2.33. The van der Waals surface area contributed by atoms with Crippen molar-refractivity contribution in [3.05, 3.63) is 29.3 Å². The molecular weight excluding hydrogens is 290 g/mol. The Morgan fingerprint density at radius 3 is 2.81 bits per heavy atom. The Morgan fingerprint density at radius 2 is 2.05 bits per heavy atom. The van der Waals surface area contributed by atoms with E-state index in [0.29, 0.717) is 24.4 Å². The third kappa shape index (κ3) is 2.82. The Morgan fingerprint density at radius 1 is 1.29 bits per heavy atom. The highest BCUT2D eigenvalue weighted by molar-refractivity contribution is 7.89. The van der Waals surface area contributed by atoms with E-state index in [4.69, 9.17) is 5.11 Å². The van der Waals surface area contributed by atoms with Crippen LogP contribution < -0.4 is 0 Å². The summed E-state index contributed by atoms with van der Waals surface area (Å²) in [5.74, 6) is -0.941. The van der Waals surface area contributed by atoms with E-state index in [2.05, 4.69) is 0 Å². The summed E-state index contributed by atoms with van der Waals surface area (Å²) in [5.41, 5.74) is 2.39. The van der Waals surface area contributed by atoms with Crippen LogP contribution in [0, 0.1) is 5.92 Å². The van der Waals surface area contributed by atoms with Crippen LogP contribution in [0.5, 0.6) is 0 Å². The lowest BCUT2D eigenvalue weighted by atomic mass is 10.1. The van der Waals surface area contributed by atoms with Crippen molar-refractivity contribution in [1.29, 1.82) is 0 Å². The van der Waals surface area contributed by atoms with Gasteiger partial charge in [0.2, 0.25) is 10.0 Å². The summed E-state index contributed by atoms with van der Waals surface area (Å²) in [6.45, 7) is 0.725. The van der Waals surface area contributed by atoms with Crippen molar-refractivity contribution in [2.24, 2.45) is 5.92 Å². The van der Waals surface area contributed by atoms with Gasteiger partial charge in [-0.1, -0.05) is 6.07 Å². The van der Waals surface area contributed by atoms with E-state index >= 15 is 0 Å². The van der Waals surface area contributed by atoms with E-state index in [-0.39, 0.29) is 12.3 Å². The molecule has 1 aromatic carbocycles. The zero-order chi connectivity index (χ0) is 15.0. The number of carboxylic acid groups (broad SMARTS) is 1. The maximum absolute atomic E-state index is 12.6. The highest BCUT2D eigenvalue weighted by atomic mass is 32.2. The first kappa shape index (κ1) is 14.5. The van der Waals surface area contributed by atoms with Gasteiger partial charge in [0.15, 0.2) is 0 Å². The van der Waals surface area contributed by atoms with Crippen molar-refractivity contribution in [3.63, 3.8) is 0 Å². The molecule has 5 nitrogen and oxygen atoms in total. The monoisotopic (exact) mass is 309 g/mol. The second kappa shape index (κ2) is 5.42. The molecule has 1 atom stereocenters. The number of carboxylic acids is 1. The van der Waals surface area contributed by atoms with Gasteiger partial charge in [0.05, 0.1) is 4.90 Å². The van der Waals surface area contributed by atoms with Crippen LogP contribution in [0.25, 0.3) is 0 Å². The fourth-order valence-electron chi connectivity index (χ4n) is 3.29. The van der Waals surface area contributed by atoms with Crippen LogP contribution in [0.3, 0.4) is 0 Å². The van der Waals surface area contributed by atoms with Gasteiger partial charge < -0.3 is 5.11 Å². The lowest BCUT2D eigenvalue weighted by molar-refractivity contribution is -0.137. The Hall–Kier alpha value is -1.40. The van der Waals surface area contributed by atoms with Gasteiger partial charge in [-0.3, -0.25) is 4.79 Å². The predicted molar refractivity (Wildman–Crippen MR) is 77.6 cm³/mol. The van der Waals surface area contributed by atoms with Crippen LogP contribution in [0.2, 0.25) is 0 Å².